The number of aromatic nitrogens is 2. The van der Waals surface area contributed by atoms with Crippen LogP contribution in [-0.2, 0) is 11.3 Å². The highest BCUT2D eigenvalue weighted by Gasteiger charge is 2.25. The van der Waals surface area contributed by atoms with Crippen LogP contribution in [0.3, 0.4) is 0 Å². The van der Waals surface area contributed by atoms with Crippen molar-refractivity contribution in [3.63, 3.8) is 0 Å². The van der Waals surface area contributed by atoms with Crippen LogP contribution in [0, 0.1) is 0 Å². The fourth-order valence-corrected chi connectivity index (χ4v) is 5.14. The van der Waals surface area contributed by atoms with E-state index in [1.165, 1.54) is 23.1 Å². The Balaban J connectivity index is 1.25. The molecular weight excluding hydrogens is 478 g/mol. The molecule has 180 valence electrons. The van der Waals surface area contributed by atoms with Gasteiger partial charge < -0.3 is 29.0 Å². The van der Waals surface area contributed by atoms with Gasteiger partial charge in [-0.3, -0.25) is 9.59 Å². The summed E-state index contributed by atoms with van der Waals surface area (Å²) < 4.78 is 16.5. The third-order valence-corrected chi connectivity index (χ3v) is 7.35. The number of benzene rings is 1. The van der Waals surface area contributed by atoms with Crippen LogP contribution in [0.4, 0.5) is 5.13 Å². The van der Waals surface area contributed by atoms with Crippen molar-refractivity contribution in [3.8, 4) is 11.5 Å². The van der Waals surface area contributed by atoms with Gasteiger partial charge in [-0.05, 0) is 30.3 Å². The Morgan fingerprint density at radius 3 is 2.62 bits per heavy atom. The number of nitrogens with one attached hydrogen (secondary N) is 1. The number of carbonyl (C=O) groups excluding carboxylic acids is 2. The van der Waals surface area contributed by atoms with Crippen molar-refractivity contribution in [2.75, 3.05) is 51.1 Å². The number of hydrogen-bond donors (Lipinski definition) is 1. The molecule has 10 nitrogen and oxygen atoms in total. The summed E-state index contributed by atoms with van der Waals surface area (Å²) in [7, 11) is 3.11. The molecule has 0 saturated carbocycles. The monoisotopic (exact) mass is 503 g/mol. The number of piperazine rings is 1. The predicted molar refractivity (Wildman–Crippen MR) is 129 cm³/mol. The standard InChI is InChI=1S/C22H25N5O5S2/c1-30-17-6-5-15(12-18(17)31-2)20(29)26-7-9-27(10-8-26)21-24-25-22(34-21)33-14-19(28)23-13-16-4-3-11-32-16/h3-6,11-12H,7-10,13-14H2,1-2H3,(H,23,28). The Bertz CT molecular complexity index is 1110. The van der Waals surface area contributed by atoms with Gasteiger partial charge in [0.25, 0.3) is 5.91 Å². The SMILES string of the molecule is COc1ccc(C(=O)N2CCN(c3nnc(SCC(=O)NCc4ccco4)s3)CC2)cc1OC. The van der Waals surface area contributed by atoms with E-state index >= 15 is 0 Å². The van der Waals surface area contributed by atoms with Gasteiger partial charge >= 0.3 is 0 Å². The number of nitrogens with zero attached hydrogens (tertiary/aromatic N) is 4. The number of anilines is 1. The van der Waals surface area contributed by atoms with E-state index in [-0.39, 0.29) is 17.6 Å². The zero-order valence-electron chi connectivity index (χ0n) is 18.9. The zero-order valence-corrected chi connectivity index (χ0v) is 20.5. The van der Waals surface area contributed by atoms with Gasteiger partial charge in [0, 0.05) is 31.7 Å². The summed E-state index contributed by atoms with van der Waals surface area (Å²) in [6.07, 6.45) is 1.57. The van der Waals surface area contributed by atoms with Gasteiger partial charge in [0.15, 0.2) is 15.8 Å². The minimum atomic E-state index is -0.0968. The van der Waals surface area contributed by atoms with Crippen LogP contribution < -0.4 is 19.7 Å². The summed E-state index contributed by atoms with van der Waals surface area (Å²) in [4.78, 5) is 28.9. The molecule has 2 aromatic heterocycles. The summed E-state index contributed by atoms with van der Waals surface area (Å²) in [6.45, 7) is 2.82. The molecule has 3 aromatic rings. The smallest absolute Gasteiger partial charge is 0.254 e. The maximum Gasteiger partial charge on any atom is 0.254 e. The Morgan fingerprint density at radius 2 is 1.91 bits per heavy atom. The maximum atomic E-state index is 12.9. The van der Waals surface area contributed by atoms with Crippen LogP contribution in [0.15, 0.2) is 45.4 Å². The van der Waals surface area contributed by atoms with E-state index in [2.05, 4.69) is 20.4 Å². The highest BCUT2D eigenvalue weighted by atomic mass is 32.2. The van der Waals surface area contributed by atoms with Crippen molar-refractivity contribution in [3.05, 3.63) is 47.9 Å². The Morgan fingerprint density at radius 1 is 1.12 bits per heavy atom. The molecule has 1 aliphatic heterocycles. The minimum absolute atomic E-state index is 0.0466. The molecule has 1 aliphatic rings. The molecule has 1 aromatic carbocycles. The molecule has 0 radical (unpaired) electrons. The van der Waals surface area contributed by atoms with Crippen LogP contribution in [-0.4, -0.2) is 73.1 Å². The van der Waals surface area contributed by atoms with Gasteiger partial charge in [-0.15, -0.1) is 10.2 Å². The zero-order chi connectivity index (χ0) is 23.9. The summed E-state index contributed by atoms with van der Waals surface area (Å²) in [5.74, 6) is 1.93. The number of hydrogen-bond acceptors (Lipinski definition) is 10. The molecule has 0 spiro atoms. The molecule has 2 amide bonds. The Labute approximate surface area is 205 Å². The van der Waals surface area contributed by atoms with Crippen molar-refractivity contribution < 1.29 is 23.5 Å². The number of amides is 2. The second-order valence-corrected chi connectivity index (χ2v) is 9.52. The van der Waals surface area contributed by atoms with Crippen molar-refractivity contribution in [2.24, 2.45) is 0 Å². The average molecular weight is 504 g/mol. The number of thioether (sulfide) groups is 1. The van der Waals surface area contributed by atoms with E-state index in [1.54, 1.807) is 44.7 Å². The van der Waals surface area contributed by atoms with Gasteiger partial charge in [0.1, 0.15) is 5.76 Å². The van der Waals surface area contributed by atoms with Crippen LogP contribution in [0.25, 0.3) is 0 Å². The Hall–Kier alpha value is -3.25. The van der Waals surface area contributed by atoms with Crippen molar-refractivity contribution >= 4 is 40.0 Å². The van der Waals surface area contributed by atoms with E-state index in [4.69, 9.17) is 13.9 Å². The molecule has 4 rings (SSSR count). The highest BCUT2D eigenvalue weighted by Crippen LogP contribution is 2.30. The van der Waals surface area contributed by atoms with E-state index < -0.39 is 0 Å². The molecule has 3 heterocycles. The van der Waals surface area contributed by atoms with Gasteiger partial charge in [-0.25, -0.2) is 0 Å². The van der Waals surface area contributed by atoms with E-state index in [0.29, 0.717) is 55.5 Å². The lowest BCUT2D eigenvalue weighted by Crippen LogP contribution is -2.48. The van der Waals surface area contributed by atoms with Crippen LogP contribution in [0.1, 0.15) is 16.1 Å². The first-order valence-corrected chi connectivity index (χ1v) is 12.4. The number of ether oxygens (including phenoxy) is 2. The fraction of sp³-hybridized carbons (Fsp3) is 0.364. The molecule has 1 N–H and O–H groups in total. The summed E-state index contributed by atoms with van der Waals surface area (Å²) in [6, 6.07) is 8.78. The van der Waals surface area contributed by atoms with E-state index in [1.807, 2.05) is 11.0 Å². The average Bonchev–Trinajstić information content (AvgIpc) is 3.58. The molecule has 34 heavy (non-hydrogen) atoms. The minimum Gasteiger partial charge on any atom is -0.493 e. The third-order valence-electron chi connectivity index (χ3n) is 5.23. The third kappa shape index (κ3) is 5.81. The largest absolute Gasteiger partial charge is 0.493 e. The molecule has 0 atom stereocenters. The van der Waals surface area contributed by atoms with E-state index in [9.17, 15) is 9.59 Å². The summed E-state index contributed by atoms with van der Waals surface area (Å²) in [5, 5.41) is 12.1. The molecule has 1 saturated heterocycles. The summed E-state index contributed by atoms with van der Waals surface area (Å²) >= 11 is 2.80. The van der Waals surface area contributed by atoms with Crippen molar-refractivity contribution in [1.29, 1.82) is 0 Å². The predicted octanol–water partition coefficient (Wildman–Crippen LogP) is 2.52. The lowest BCUT2D eigenvalue weighted by molar-refractivity contribution is -0.118. The van der Waals surface area contributed by atoms with Crippen LogP contribution >= 0.6 is 23.1 Å². The van der Waals surface area contributed by atoms with Crippen LogP contribution in [0.5, 0.6) is 11.5 Å². The van der Waals surface area contributed by atoms with E-state index in [0.717, 1.165) is 9.47 Å². The first kappa shape index (κ1) is 23.9. The second-order valence-electron chi connectivity index (χ2n) is 7.34. The van der Waals surface area contributed by atoms with Gasteiger partial charge in [-0.1, -0.05) is 23.1 Å². The lowest BCUT2D eigenvalue weighted by atomic mass is 10.1. The Kier molecular flexibility index (Phi) is 7.91. The number of furan rings is 1. The number of carbonyl (C=O) groups is 2. The first-order valence-electron chi connectivity index (χ1n) is 10.6. The number of methoxy groups -OCH3 is 2. The van der Waals surface area contributed by atoms with Crippen LogP contribution in [0.2, 0.25) is 0 Å². The topological polar surface area (TPSA) is 110 Å². The first-order chi connectivity index (χ1) is 16.6. The van der Waals surface area contributed by atoms with Gasteiger partial charge in [0.2, 0.25) is 11.0 Å². The summed E-state index contributed by atoms with van der Waals surface area (Å²) in [5.41, 5.74) is 0.561. The molecular formula is C22H25N5O5S2. The molecule has 1 fully saturated rings. The quantitative estimate of drug-likeness (QED) is 0.441. The highest BCUT2D eigenvalue weighted by molar-refractivity contribution is 8.01. The van der Waals surface area contributed by atoms with Crippen molar-refractivity contribution in [1.82, 2.24) is 20.4 Å². The molecule has 0 unspecified atom stereocenters. The van der Waals surface area contributed by atoms with Gasteiger partial charge in [-0.2, -0.15) is 0 Å². The maximum absolute atomic E-state index is 12.9. The normalized spacial score (nSPS) is 13.6. The molecule has 0 bridgehead atoms. The number of rotatable bonds is 9. The second kappa shape index (κ2) is 11.3. The lowest BCUT2D eigenvalue weighted by Gasteiger charge is -2.34. The van der Waals surface area contributed by atoms with Crippen molar-refractivity contribution in [2.45, 2.75) is 10.9 Å². The fourth-order valence-electron chi connectivity index (χ4n) is 3.42. The molecule has 0 aliphatic carbocycles. The van der Waals surface area contributed by atoms with Gasteiger partial charge in [0.05, 0.1) is 32.8 Å². The molecule has 12 heteroatoms.